The Balaban J connectivity index is 2.38. The summed E-state index contributed by atoms with van der Waals surface area (Å²) in [4.78, 5) is 14.2. The maximum Gasteiger partial charge on any atom is 0.237 e. The molecule has 0 saturated heterocycles. The molecule has 0 heterocycles. The fourth-order valence-corrected chi connectivity index (χ4v) is 2.19. The third-order valence-electron chi connectivity index (χ3n) is 3.44. The van der Waals surface area contributed by atoms with Gasteiger partial charge >= 0.3 is 0 Å². The second-order valence-corrected chi connectivity index (χ2v) is 5.71. The van der Waals surface area contributed by atoms with E-state index in [1.807, 2.05) is 51.4 Å². The molecule has 0 aliphatic rings. The molecule has 0 aliphatic carbocycles. The summed E-state index contributed by atoms with van der Waals surface area (Å²) in [7, 11) is 4.05. The number of nitrogens with two attached hydrogens (primary N) is 1. The minimum atomic E-state index is -0.529. The van der Waals surface area contributed by atoms with Gasteiger partial charge in [0.05, 0.1) is 12.1 Å². The fraction of sp³-hybridized carbons (Fsp3) is 0.588. The molecule has 0 radical (unpaired) electrons. The van der Waals surface area contributed by atoms with Crippen LogP contribution in [-0.4, -0.2) is 56.7 Å². The number of ether oxygens (including phenoxy) is 1. The number of nitrogens with zero attached hydrogens (tertiary/aromatic N) is 1. The fourth-order valence-electron chi connectivity index (χ4n) is 2.19. The largest absolute Gasteiger partial charge is 0.377 e. The molecule has 0 aliphatic heterocycles. The summed E-state index contributed by atoms with van der Waals surface area (Å²) < 4.78 is 5.66. The first-order valence-corrected chi connectivity index (χ1v) is 7.86. The van der Waals surface area contributed by atoms with Crippen molar-refractivity contribution >= 4 is 5.91 Å². The van der Waals surface area contributed by atoms with E-state index in [4.69, 9.17) is 10.5 Å². The lowest BCUT2D eigenvalue weighted by atomic mass is 10.1. The average molecular weight is 307 g/mol. The lowest BCUT2D eigenvalue weighted by molar-refractivity contribution is -0.123. The number of rotatable bonds is 10. The van der Waals surface area contributed by atoms with Crippen LogP contribution in [0, 0.1) is 0 Å². The van der Waals surface area contributed by atoms with Crippen LogP contribution < -0.4 is 11.1 Å². The Morgan fingerprint density at radius 3 is 2.59 bits per heavy atom. The highest BCUT2D eigenvalue weighted by Gasteiger charge is 2.16. The van der Waals surface area contributed by atoms with Crippen LogP contribution in [0.25, 0.3) is 0 Å². The maximum atomic E-state index is 12.1. The molecule has 3 N–H and O–H groups in total. The first-order valence-electron chi connectivity index (χ1n) is 7.86. The molecule has 1 amide bonds. The van der Waals surface area contributed by atoms with Crippen molar-refractivity contribution in [2.24, 2.45) is 5.73 Å². The molecule has 0 fully saturated rings. The van der Waals surface area contributed by atoms with Gasteiger partial charge < -0.3 is 20.7 Å². The summed E-state index contributed by atoms with van der Waals surface area (Å²) in [6.07, 6.45) is 1.46. The molecule has 22 heavy (non-hydrogen) atoms. The van der Waals surface area contributed by atoms with Gasteiger partial charge in [0.25, 0.3) is 0 Å². The van der Waals surface area contributed by atoms with Gasteiger partial charge in [-0.05, 0) is 39.4 Å². The Kier molecular flexibility index (Phi) is 8.74. The number of nitrogens with one attached hydrogen (secondary N) is 1. The zero-order chi connectivity index (χ0) is 16.4. The number of hydrogen-bond acceptors (Lipinski definition) is 4. The standard InChI is InChI=1S/C17H29N3O2/c1-4-22-15(10-11-20(2)3)13-19-17(21)16(18)12-14-8-6-5-7-9-14/h5-9,15-16H,4,10-13,18H2,1-3H3,(H,19,21). The lowest BCUT2D eigenvalue weighted by Gasteiger charge is -2.21. The number of carbonyl (C=O) groups excluding carboxylic acids is 1. The number of hydrogen-bond donors (Lipinski definition) is 2. The van der Waals surface area contributed by atoms with Crippen LogP contribution in [0.15, 0.2) is 30.3 Å². The van der Waals surface area contributed by atoms with Gasteiger partial charge in [-0.25, -0.2) is 0 Å². The van der Waals surface area contributed by atoms with Crippen molar-refractivity contribution in [3.05, 3.63) is 35.9 Å². The highest BCUT2D eigenvalue weighted by molar-refractivity contribution is 5.81. The van der Waals surface area contributed by atoms with Crippen molar-refractivity contribution in [1.82, 2.24) is 10.2 Å². The average Bonchev–Trinajstić information content (AvgIpc) is 2.50. The van der Waals surface area contributed by atoms with Gasteiger partial charge in [-0.2, -0.15) is 0 Å². The van der Waals surface area contributed by atoms with Crippen LogP contribution in [0.1, 0.15) is 18.9 Å². The van der Waals surface area contributed by atoms with Gasteiger partial charge in [-0.3, -0.25) is 4.79 Å². The summed E-state index contributed by atoms with van der Waals surface area (Å²) in [5.41, 5.74) is 7.04. The highest BCUT2D eigenvalue weighted by Crippen LogP contribution is 2.03. The Morgan fingerprint density at radius 1 is 1.32 bits per heavy atom. The summed E-state index contributed by atoms with van der Waals surface area (Å²) in [6.45, 7) is 4.04. The van der Waals surface area contributed by atoms with E-state index in [-0.39, 0.29) is 12.0 Å². The Hall–Kier alpha value is -1.43. The zero-order valence-electron chi connectivity index (χ0n) is 13.9. The van der Waals surface area contributed by atoms with Crippen LogP contribution in [0.3, 0.4) is 0 Å². The second kappa shape index (κ2) is 10.3. The number of amides is 1. The molecular formula is C17H29N3O2. The van der Waals surface area contributed by atoms with Gasteiger partial charge in [0.15, 0.2) is 0 Å². The summed E-state index contributed by atoms with van der Waals surface area (Å²) in [5.74, 6) is -0.126. The smallest absolute Gasteiger partial charge is 0.237 e. The van der Waals surface area contributed by atoms with Crippen LogP contribution in [-0.2, 0) is 16.0 Å². The third kappa shape index (κ3) is 7.54. The number of benzene rings is 1. The molecular weight excluding hydrogens is 278 g/mol. The van der Waals surface area contributed by atoms with Crippen LogP contribution in [0.2, 0.25) is 0 Å². The molecule has 0 bridgehead atoms. The van der Waals surface area contributed by atoms with Crippen LogP contribution in [0.5, 0.6) is 0 Å². The van der Waals surface area contributed by atoms with E-state index in [1.54, 1.807) is 0 Å². The van der Waals surface area contributed by atoms with Crippen molar-refractivity contribution in [2.45, 2.75) is 31.9 Å². The first kappa shape index (κ1) is 18.6. The Labute approximate surface area is 133 Å². The minimum Gasteiger partial charge on any atom is -0.377 e. The van der Waals surface area contributed by atoms with Crippen molar-refractivity contribution in [3.63, 3.8) is 0 Å². The summed E-state index contributed by atoms with van der Waals surface area (Å²) in [5, 5.41) is 2.90. The third-order valence-corrected chi connectivity index (χ3v) is 3.44. The van der Waals surface area contributed by atoms with E-state index in [9.17, 15) is 4.79 Å². The molecule has 0 spiro atoms. The molecule has 0 aromatic heterocycles. The normalized spacial score (nSPS) is 13.9. The minimum absolute atomic E-state index is 0.0280. The van der Waals surface area contributed by atoms with E-state index in [2.05, 4.69) is 10.2 Å². The maximum absolute atomic E-state index is 12.1. The molecule has 0 saturated carbocycles. The second-order valence-electron chi connectivity index (χ2n) is 5.71. The number of carbonyl (C=O) groups is 1. The monoisotopic (exact) mass is 307 g/mol. The summed E-state index contributed by atoms with van der Waals surface area (Å²) >= 11 is 0. The van der Waals surface area contributed by atoms with Gasteiger partial charge in [0.1, 0.15) is 0 Å². The van der Waals surface area contributed by atoms with Gasteiger partial charge in [-0.1, -0.05) is 30.3 Å². The Morgan fingerprint density at radius 2 is 2.00 bits per heavy atom. The van der Waals surface area contributed by atoms with Gasteiger partial charge in [-0.15, -0.1) is 0 Å². The zero-order valence-corrected chi connectivity index (χ0v) is 13.9. The predicted octanol–water partition coefficient (Wildman–Crippen LogP) is 1.03. The van der Waals surface area contributed by atoms with E-state index in [0.29, 0.717) is 19.6 Å². The van der Waals surface area contributed by atoms with Crippen molar-refractivity contribution in [2.75, 3.05) is 33.8 Å². The van der Waals surface area contributed by atoms with Crippen molar-refractivity contribution in [3.8, 4) is 0 Å². The molecule has 2 unspecified atom stereocenters. The van der Waals surface area contributed by atoms with E-state index in [1.165, 1.54) is 0 Å². The van der Waals surface area contributed by atoms with Gasteiger partial charge in [0, 0.05) is 19.7 Å². The van der Waals surface area contributed by atoms with E-state index < -0.39 is 6.04 Å². The van der Waals surface area contributed by atoms with E-state index in [0.717, 1.165) is 18.5 Å². The SMILES string of the molecule is CCOC(CCN(C)C)CNC(=O)C(N)Cc1ccccc1. The van der Waals surface area contributed by atoms with E-state index >= 15 is 0 Å². The molecule has 5 nitrogen and oxygen atoms in total. The molecule has 2 atom stereocenters. The highest BCUT2D eigenvalue weighted by atomic mass is 16.5. The van der Waals surface area contributed by atoms with Crippen molar-refractivity contribution < 1.29 is 9.53 Å². The van der Waals surface area contributed by atoms with Gasteiger partial charge in [0.2, 0.25) is 5.91 Å². The molecule has 1 aromatic carbocycles. The van der Waals surface area contributed by atoms with Crippen LogP contribution >= 0.6 is 0 Å². The molecule has 5 heteroatoms. The van der Waals surface area contributed by atoms with Crippen LogP contribution in [0.4, 0.5) is 0 Å². The molecule has 1 rings (SSSR count). The first-order chi connectivity index (χ1) is 10.5. The Bertz CT molecular complexity index is 423. The summed E-state index contributed by atoms with van der Waals surface area (Å²) in [6, 6.07) is 9.28. The topological polar surface area (TPSA) is 67.6 Å². The molecule has 124 valence electrons. The van der Waals surface area contributed by atoms with Crippen molar-refractivity contribution in [1.29, 1.82) is 0 Å². The lowest BCUT2D eigenvalue weighted by Crippen LogP contribution is -2.45. The molecule has 1 aromatic rings. The quantitative estimate of drug-likeness (QED) is 0.677. The predicted molar refractivity (Wildman–Crippen MR) is 89.7 cm³/mol.